The Hall–Kier alpha value is -5.40. The third kappa shape index (κ3) is 4.83. The number of fused-ring (bicyclic) bond motifs is 8. The maximum atomic E-state index is 2.52. The summed E-state index contributed by atoms with van der Waals surface area (Å²) in [6.45, 7) is 9.67. The predicted molar refractivity (Wildman–Crippen MR) is 212 cm³/mol. The van der Waals surface area contributed by atoms with Gasteiger partial charge < -0.3 is 4.90 Å². The molecular formula is C48H41N. The molecular weight excluding hydrogens is 591 g/mol. The first-order valence-corrected chi connectivity index (χ1v) is 17.7. The van der Waals surface area contributed by atoms with Crippen LogP contribution in [-0.2, 0) is 10.8 Å². The second-order valence-electron chi connectivity index (χ2n) is 15.2. The van der Waals surface area contributed by atoms with Crippen molar-refractivity contribution in [2.45, 2.75) is 51.4 Å². The summed E-state index contributed by atoms with van der Waals surface area (Å²) in [7, 11) is 0. The number of hydrogen-bond acceptors (Lipinski definition) is 1. The van der Waals surface area contributed by atoms with E-state index in [4.69, 9.17) is 0 Å². The normalized spacial score (nSPS) is 15.1. The van der Waals surface area contributed by atoms with Crippen LogP contribution in [0.3, 0.4) is 0 Å². The van der Waals surface area contributed by atoms with E-state index in [1.54, 1.807) is 0 Å². The second-order valence-corrected chi connectivity index (χ2v) is 15.2. The zero-order valence-corrected chi connectivity index (χ0v) is 28.8. The van der Waals surface area contributed by atoms with Crippen LogP contribution in [0.1, 0.15) is 51.7 Å². The molecule has 0 saturated carbocycles. The van der Waals surface area contributed by atoms with Crippen LogP contribution in [0.4, 0.5) is 17.1 Å². The molecule has 0 unspecified atom stereocenters. The van der Waals surface area contributed by atoms with Gasteiger partial charge in [-0.2, -0.15) is 0 Å². The first-order chi connectivity index (χ1) is 23.8. The highest BCUT2D eigenvalue weighted by atomic mass is 15.1. The SMILES string of the molecule is CC1(C)CCC(C)(C)c2cc3c(-c4cccc(N(c5ccccc5)c5ccc6c7ccccc7c7ccccc7c6c5)c4)cccc3cc21. The topological polar surface area (TPSA) is 3.24 Å². The third-order valence-electron chi connectivity index (χ3n) is 11.3. The van der Waals surface area contributed by atoms with E-state index in [1.165, 1.54) is 78.2 Å². The molecule has 0 radical (unpaired) electrons. The van der Waals surface area contributed by atoms with Crippen LogP contribution >= 0.6 is 0 Å². The minimum absolute atomic E-state index is 0.156. The largest absolute Gasteiger partial charge is 0.310 e. The maximum absolute atomic E-state index is 2.52. The van der Waals surface area contributed by atoms with E-state index in [9.17, 15) is 0 Å². The molecule has 238 valence electrons. The van der Waals surface area contributed by atoms with Crippen molar-refractivity contribution in [2.75, 3.05) is 4.90 Å². The molecule has 8 aromatic carbocycles. The molecule has 0 fully saturated rings. The summed E-state index contributed by atoms with van der Waals surface area (Å²) in [5.41, 5.74) is 9.29. The fourth-order valence-corrected chi connectivity index (χ4v) is 8.46. The van der Waals surface area contributed by atoms with Crippen molar-refractivity contribution < 1.29 is 0 Å². The highest BCUT2D eigenvalue weighted by Gasteiger charge is 2.37. The lowest BCUT2D eigenvalue weighted by Crippen LogP contribution is -2.33. The molecule has 1 aliphatic rings. The quantitative estimate of drug-likeness (QED) is 0.175. The Morgan fingerprint density at radius 1 is 0.388 bits per heavy atom. The lowest BCUT2D eigenvalue weighted by atomic mass is 9.62. The van der Waals surface area contributed by atoms with Crippen LogP contribution in [0.15, 0.2) is 152 Å². The summed E-state index contributed by atoms with van der Waals surface area (Å²) < 4.78 is 0. The van der Waals surface area contributed by atoms with Gasteiger partial charge in [-0.25, -0.2) is 0 Å². The molecule has 0 aromatic heterocycles. The van der Waals surface area contributed by atoms with Gasteiger partial charge in [-0.1, -0.05) is 137 Å². The summed E-state index contributed by atoms with van der Waals surface area (Å²) in [6.07, 6.45) is 2.43. The predicted octanol–water partition coefficient (Wildman–Crippen LogP) is 13.8. The summed E-state index contributed by atoms with van der Waals surface area (Å²) in [5.74, 6) is 0. The van der Waals surface area contributed by atoms with E-state index < -0.39 is 0 Å². The van der Waals surface area contributed by atoms with Gasteiger partial charge in [-0.05, 0) is 131 Å². The summed E-state index contributed by atoms with van der Waals surface area (Å²) in [4.78, 5) is 2.41. The molecule has 0 heterocycles. The zero-order chi connectivity index (χ0) is 33.3. The molecule has 8 aromatic rings. The molecule has 0 bridgehead atoms. The number of hydrogen-bond donors (Lipinski definition) is 0. The van der Waals surface area contributed by atoms with Crippen molar-refractivity contribution in [1.29, 1.82) is 0 Å². The van der Waals surface area contributed by atoms with Crippen molar-refractivity contribution in [3.05, 3.63) is 163 Å². The average molecular weight is 632 g/mol. The van der Waals surface area contributed by atoms with Crippen LogP contribution in [0.2, 0.25) is 0 Å². The first-order valence-electron chi connectivity index (χ1n) is 17.7. The fourth-order valence-electron chi connectivity index (χ4n) is 8.46. The first kappa shape index (κ1) is 29.7. The molecule has 1 heteroatoms. The Morgan fingerprint density at radius 3 is 1.59 bits per heavy atom. The van der Waals surface area contributed by atoms with Crippen molar-refractivity contribution in [3.8, 4) is 11.1 Å². The Balaban J connectivity index is 1.24. The molecule has 49 heavy (non-hydrogen) atoms. The Bertz CT molecular complexity index is 2520. The van der Waals surface area contributed by atoms with E-state index in [0.717, 1.165) is 17.1 Å². The number of benzene rings is 8. The van der Waals surface area contributed by atoms with E-state index in [-0.39, 0.29) is 10.8 Å². The number of nitrogens with zero attached hydrogens (tertiary/aromatic N) is 1. The van der Waals surface area contributed by atoms with Gasteiger partial charge in [0.1, 0.15) is 0 Å². The standard InChI is InChI=1S/C48H41N/c1-47(2)26-27-48(3,4)46-31-43-33(29-45(46)47)15-13-23-37(43)32-14-12-18-35(28-32)49(34-16-6-5-7-17-34)36-24-25-42-40-21-9-8-19-38(40)39-20-10-11-22-41(39)44(42)30-36/h5-25,28-31H,26-27H2,1-4H3. The van der Waals surface area contributed by atoms with Gasteiger partial charge in [0.25, 0.3) is 0 Å². The highest BCUT2D eigenvalue weighted by molar-refractivity contribution is 6.25. The molecule has 0 N–H and O–H groups in total. The van der Waals surface area contributed by atoms with Gasteiger partial charge in [-0.3, -0.25) is 0 Å². The summed E-state index contributed by atoms with van der Waals surface area (Å²) >= 11 is 0. The number of rotatable bonds is 4. The minimum Gasteiger partial charge on any atom is -0.310 e. The Morgan fingerprint density at radius 2 is 0.918 bits per heavy atom. The van der Waals surface area contributed by atoms with Crippen LogP contribution in [-0.4, -0.2) is 0 Å². The molecule has 0 amide bonds. The van der Waals surface area contributed by atoms with Crippen LogP contribution in [0.25, 0.3) is 54.2 Å². The van der Waals surface area contributed by atoms with Gasteiger partial charge in [0, 0.05) is 17.1 Å². The smallest absolute Gasteiger partial charge is 0.0468 e. The molecule has 9 rings (SSSR count). The molecule has 0 spiro atoms. The van der Waals surface area contributed by atoms with Crippen LogP contribution < -0.4 is 4.90 Å². The van der Waals surface area contributed by atoms with E-state index in [0.29, 0.717) is 0 Å². The fraction of sp³-hybridized carbons (Fsp3) is 0.167. The van der Waals surface area contributed by atoms with E-state index in [2.05, 4.69) is 184 Å². The lowest BCUT2D eigenvalue weighted by Gasteiger charge is -2.42. The van der Waals surface area contributed by atoms with E-state index >= 15 is 0 Å². The highest BCUT2D eigenvalue weighted by Crippen LogP contribution is 2.48. The number of anilines is 3. The van der Waals surface area contributed by atoms with Gasteiger partial charge in [0.05, 0.1) is 0 Å². The molecule has 1 nitrogen and oxygen atoms in total. The van der Waals surface area contributed by atoms with Crippen LogP contribution in [0, 0.1) is 0 Å². The van der Waals surface area contributed by atoms with Gasteiger partial charge in [0.15, 0.2) is 0 Å². The molecule has 1 aliphatic carbocycles. The second kappa shape index (κ2) is 11.1. The maximum Gasteiger partial charge on any atom is 0.0468 e. The van der Waals surface area contributed by atoms with Gasteiger partial charge >= 0.3 is 0 Å². The summed E-state index contributed by atoms with van der Waals surface area (Å²) in [5, 5.41) is 10.4. The van der Waals surface area contributed by atoms with Crippen molar-refractivity contribution in [2.24, 2.45) is 0 Å². The van der Waals surface area contributed by atoms with Gasteiger partial charge in [-0.15, -0.1) is 0 Å². The molecule has 0 atom stereocenters. The minimum atomic E-state index is 0.156. The van der Waals surface area contributed by atoms with Crippen LogP contribution in [0.5, 0.6) is 0 Å². The van der Waals surface area contributed by atoms with Crippen molar-refractivity contribution >= 4 is 60.2 Å². The Labute approximate surface area is 289 Å². The van der Waals surface area contributed by atoms with Gasteiger partial charge in [0.2, 0.25) is 0 Å². The number of para-hydroxylation sites is 1. The zero-order valence-electron chi connectivity index (χ0n) is 28.8. The van der Waals surface area contributed by atoms with Crippen molar-refractivity contribution in [3.63, 3.8) is 0 Å². The molecule has 0 saturated heterocycles. The molecule has 0 aliphatic heterocycles. The third-order valence-corrected chi connectivity index (χ3v) is 11.3. The summed E-state index contributed by atoms with van der Waals surface area (Å²) in [6, 6.07) is 56.3. The average Bonchev–Trinajstić information content (AvgIpc) is 3.13. The van der Waals surface area contributed by atoms with Crippen molar-refractivity contribution in [1.82, 2.24) is 0 Å². The Kier molecular flexibility index (Phi) is 6.71. The lowest BCUT2D eigenvalue weighted by molar-refractivity contribution is 0.332. The monoisotopic (exact) mass is 631 g/mol. The van der Waals surface area contributed by atoms with E-state index in [1.807, 2.05) is 0 Å².